The highest BCUT2D eigenvalue weighted by molar-refractivity contribution is 6.21. The van der Waals surface area contributed by atoms with E-state index in [-0.39, 0.29) is 30.7 Å². The van der Waals surface area contributed by atoms with Gasteiger partial charge in [-0.2, -0.15) is 5.10 Å². The van der Waals surface area contributed by atoms with Crippen LogP contribution < -0.4 is 0 Å². The van der Waals surface area contributed by atoms with E-state index < -0.39 is 0 Å². The van der Waals surface area contributed by atoms with Crippen molar-refractivity contribution < 1.29 is 14.4 Å². The number of amides is 3. The van der Waals surface area contributed by atoms with E-state index in [1.54, 1.807) is 28.9 Å². The fourth-order valence-corrected chi connectivity index (χ4v) is 4.00. The van der Waals surface area contributed by atoms with Gasteiger partial charge in [0.25, 0.3) is 11.8 Å². The zero-order valence-electron chi connectivity index (χ0n) is 16.6. The molecule has 2 aromatic rings. The number of aromatic nitrogens is 2. The molecule has 0 radical (unpaired) electrons. The van der Waals surface area contributed by atoms with Crippen LogP contribution in [-0.4, -0.2) is 74.9 Å². The zero-order chi connectivity index (χ0) is 20.4. The lowest BCUT2D eigenvalue weighted by atomic mass is 10.1. The lowest BCUT2D eigenvalue weighted by Crippen LogP contribution is -2.38. The van der Waals surface area contributed by atoms with Crippen molar-refractivity contribution in [2.24, 2.45) is 7.05 Å². The standard InChI is InChI=1S/C21H25N5O3/c1-23-14-16(13-22-23)15-24-8-4-9-25(12-11-24)19(27)7-10-26-20(28)17-5-2-3-6-18(17)21(26)29/h2-3,5-6,13-14H,4,7-12,15H2,1H3. The number of benzene rings is 1. The molecule has 3 heterocycles. The third kappa shape index (κ3) is 4.07. The minimum Gasteiger partial charge on any atom is -0.341 e. The summed E-state index contributed by atoms with van der Waals surface area (Å²) < 4.78 is 1.79. The highest BCUT2D eigenvalue weighted by Gasteiger charge is 2.35. The van der Waals surface area contributed by atoms with Gasteiger partial charge in [-0.25, -0.2) is 0 Å². The zero-order valence-corrected chi connectivity index (χ0v) is 16.6. The summed E-state index contributed by atoms with van der Waals surface area (Å²) >= 11 is 0. The molecule has 2 aliphatic heterocycles. The van der Waals surface area contributed by atoms with Crippen molar-refractivity contribution in [3.05, 3.63) is 53.3 Å². The lowest BCUT2D eigenvalue weighted by Gasteiger charge is -2.22. The first kappa shape index (κ1) is 19.3. The molecular weight excluding hydrogens is 370 g/mol. The third-order valence-electron chi connectivity index (χ3n) is 5.53. The molecule has 0 atom stereocenters. The van der Waals surface area contributed by atoms with E-state index in [1.807, 2.05) is 24.3 Å². The molecule has 4 rings (SSSR count). The summed E-state index contributed by atoms with van der Waals surface area (Å²) in [5.41, 5.74) is 2.01. The highest BCUT2D eigenvalue weighted by atomic mass is 16.2. The Kier molecular flexibility index (Phi) is 5.44. The van der Waals surface area contributed by atoms with Gasteiger partial charge in [-0.3, -0.25) is 28.9 Å². The number of imide groups is 1. The highest BCUT2D eigenvalue weighted by Crippen LogP contribution is 2.22. The number of aryl methyl sites for hydroxylation is 1. The first-order valence-electron chi connectivity index (χ1n) is 9.96. The van der Waals surface area contributed by atoms with Gasteiger partial charge in [-0.15, -0.1) is 0 Å². The summed E-state index contributed by atoms with van der Waals surface area (Å²) in [7, 11) is 1.90. The van der Waals surface area contributed by atoms with Crippen molar-refractivity contribution >= 4 is 17.7 Å². The van der Waals surface area contributed by atoms with Crippen molar-refractivity contribution in [3.8, 4) is 0 Å². The molecule has 1 aromatic carbocycles. The van der Waals surface area contributed by atoms with Crippen LogP contribution in [-0.2, 0) is 18.4 Å². The Morgan fingerprint density at radius 1 is 1.03 bits per heavy atom. The van der Waals surface area contributed by atoms with Crippen LogP contribution >= 0.6 is 0 Å². The second-order valence-corrected chi connectivity index (χ2v) is 7.59. The van der Waals surface area contributed by atoms with Crippen LogP contribution in [0.2, 0.25) is 0 Å². The van der Waals surface area contributed by atoms with Gasteiger partial charge < -0.3 is 4.90 Å². The van der Waals surface area contributed by atoms with Gasteiger partial charge >= 0.3 is 0 Å². The van der Waals surface area contributed by atoms with Gasteiger partial charge in [0.15, 0.2) is 0 Å². The molecule has 2 aliphatic rings. The fraction of sp³-hybridized carbons (Fsp3) is 0.429. The van der Waals surface area contributed by atoms with Crippen LogP contribution in [0.5, 0.6) is 0 Å². The van der Waals surface area contributed by atoms with Crippen LogP contribution in [0.25, 0.3) is 0 Å². The maximum Gasteiger partial charge on any atom is 0.261 e. The summed E-state index contributed by atoms with van der Waals surface area (Å²) in [6, 6.07) is 6.80. The maximum absolute atomic E-state index is 12.7. The van der Waals surface area contributed by atoms with E-state index in [1.165, 1.54) is 4.90 Å². The average Bonchev–Trinajstić information content (AvgIpc) is 3.12. The number of carbonyl (C=O) groups excluding carboxylic acids is 3. The lowest BCUT2D eigenvalue weighted by molar-refractivity contribution is -0.131. The molecule has 152 valence electrons. The molecule has 0 bridgehead atoms. The number of carbonyl (C=O) groups is 3. The van der Waals surface area contributed by atoms with E-state index in [2.05, 4.69) is 10.00 Å². The molecule has 1 fully saturated rings. The summed E-state index contributed by atoms with van der Waals surface area (Å²) in [5, 5.41) is 4.20. The fourth-order valence-electron chi connectivity index (χ4n) is 4.00. The molecule has 3 amide bonds. The van der Waals surface area contributed by atoms with Crippen molar-refractivity contribution in [1.29, 1.82) is 0 Å². The van der Waals surface area contributed by atoms with Crippen LogP contribution in [0.4, 0.5) is 0 Å². The molecule has 0 aliphatic carbocycles. The summed E-state index contributed by atoms with van der Waals surface area (Å²) in [6.07, 6.45) is 4.94. The SMILES string of the molecule is Cn1cc(CN2CCCN(C(=O)CCN3C(=O)c4ccccc4C3=O)CC2)cn1. The second-order valence-electron chi connectivity index (χ2n) is 7.59. The third-order valence-corrected chi connectivity index (χ3v) is 5.53. The molecule has 0 saturated carbocycles. The van der Waals surface area contributed by atoms with Crippen molar-refractivity contribution in [1.82, 2.24) is 24.5 Å². The van der Waals surface area contributed by atoms with Gasteiger partial charge in [0.2, 0.25) is 5.91 Å². The quantitative estimate of drug-likeness (QED) is 0.710. The molecule has 1 saturated heterocycles. The molecule has 0 unspecified atom stereocenters. The number of hydrogen-bond acceptors (Lipinski definition) is 5. The van der Waals surface area contributed by atoms with Crippen LogP contribution in [0.3, 0.4) is 0 Å². The van der Waals surface area contributed by atoms with Crippen LogP contribution in [0, 0.1) is 0 Å². The minimum absolute atomic E-state index is 0.00946. The van der Waals surface area contributed by atoms with Gasteiger partial charge in [0.05, 0.1) is 17.3 Å². The van der Waals surface area contributed by atoms with E-state index >= 15 is 0 Å². The average molecular weight is 395 g/mol. The summed E-state index contributed by atoms with van der Waals surface area (Å²) in [6.45, 7) is 4.03. The first-order chi connectivity index (χ1) is 14.0. The molecule has 0 N–H and O–H groups in total. The van der Waals surface area contributed by atoms with E-state index in [4.69, 9.17) is 0 Å². The van der Waals surface area contributed by atoms with Crippen LogP contribution in [0.15, 0.2) is 36.7 Å². The minimum atomic E-state index is -0.308. The van der Waals surface area contributed by atoms with Crippen LogP contribution in [0.1, 0.15) is 39.1 Å². The predicted octanol–water partition coefficient (Wildman–Crippen LogP) is 1.14. The van der Waals surface area contributed by atoms with E-state index in [9.17, 15) is 14.4 Å². The number of rotatable bonds is 5. The number of fused-ring (bicyclic) bond motifs is 1. The molecule has 0 spiro atoms. The Balaban J connectivity index is 1.29. The van der Waals surface area contributed by atoms with E-state index in [0.717, 1.165) is 31.6 Å². The Hall–Kier alpha value is -3.00. The molecule has 1 aromatic heterocycles. The molecule has 29 heavy (non-hydrogen) atoms. The molecular formula is C21H25N5O3. The van der Waals surface area contributed by atoms with Crippen molar-refractivity contribution in [3.63, 3.8) is 0 Å². The Labute approximate surface area is 169 Å². The topological polar surface area (TPSA) is 78.8 Å². The second kappa shape index (κ2) is 8.16. The Bertz CT molecular complexity index is 903. The number of hydrogen-bond donors (Lipinski definition) is 0. The smallest absolute Gasteiger partial charge is 0.261 e. The normalized spacial score (nSPS) is 17.6. The molecule has 8 heteroatoms. The Morgan fingerprint density at radius 2 is 1.76 bits per heavy atom. The first-order valence-corrected chi connectivity index (χ1v) is 9.96. The van der Waals surface area contributed by atoms with Crippen molar-refractivity contribution in [2.45, 2.75) is 19.4 Å². The molecule has 8 nitrogen and oxygen atoms in total. The summed E-state index contributed by atoms with van der Waals surface area (Å²) in [4.78, 5) is 42.9. The largest absolute Gasteiger partial charge is 0.341 e. The summed E-state index contributed by atoms with van der Waals surface area (Å²) in [5.74, 6) is -0.626. The van der Waals surface area contributed by atoms with Gasteiger partial charge in [0, 0.05) is 64.5 Å². The van der Waals surface area contributed by atoms with Crippen molar-refractivity contribution in [2.75, 3.05) is 32.7 Å². The number of nitrogens with zero attached hydrogens (tertiary/aromatic N) is 5. The van der Waals surface area contributed by atoms with E-state index in [0.29, 0.717) is 24.2 Å². The maximum atomic E-state index is 12.7. The van der Waals surface area contributed by atoms with Gasteiger partial charge in [-0.05, 0) is 18.6 Å². The monoisotopic (exact) mass is 395 g/mol. The van der Waals surface area contributed by atoms with Gasteiger partial charge in [0.1, 0.15) is 0 Å². The van der Waals surface area contributed by atoms with Gasteiger partial charge in [-0.1, -0.05) is 12.1 Å². The Morgan fingerprint density at radius 3 is 2.41 bits per heavy atom. The predicted molar refractivity (Wildman–Crippen MR) is 106 cm³/mol.